The molecular formula is C12H12F3N5O2. The van der Waals surface area contributed by atoms with Gasteiger partial charge in [0, 0.05) is 19.3 Å². The smallest absolute Gasteiger partial charge is 0.396 e. The van der Waals surface area contributed by atoms with E-state index in [0.717, 1.165) is 16.8 Å². The lowest BCUT2D eigenvalue weighted by Gasteiger charge is -2.06. The summed E-state index contributed by atoms with van der Waals surface area (Å²) in [7, 11) is 0. The van der Waals surface area contributed by atoms with E-state index in [1.54, 1.807) is 0 Å². The van der Waals surface area contributed by atoms with E-state index in [2.05, 4.69) is 20.6 Å². The van der Waals surface area contributed by atoms with Gasteiger partial charge in [0.15, 0.2) is 11.5 Å². The molecule has 0 fully saturated rings. The first-order valence-corrected chi connectivity index (χ1v) is 6.27. The minimum absolute atomic E-state index is 0.000335. The van der Waals surface area contributed by atoms with Gasteiger partial charge in [0.2, 0.25) is 0 Å². The van der Waals surface area contributed by atoms with Crippen LogP contribution in [0.15, 0.2) is 24.5 Å². The molecule has 1 amide bonds. The van der Waals surface area contributed by atoms with E-state index in [-0.39, 0.29) is 24.7 Å². The molecule has 2 N–H and O–H groups in total. The highest BCUT2D eigenvalue weighted by molar-refractivity contribution is 5.91. The van der Waals surface area contributed by atoms with Gasteiger partial charge in [0.1, 0.15) is 0 Å². The van der Waals surface area contributed by atoms with Crippen LogP contribution in [-0.4, -0.2) is 44.1 Å². The predicted octanol–water partition coefficient (Wildman–Crippen LogP) is 0.793. The highest BCUT2D eigenvalue weighted by atomic mass is 19.4. The van der Waals surface area contributed by atoms with E-state index in [0.29, 0.717) is 12.6 Å². The second kappa shape index (κ2) is 6.52. The number of aliphatic hydroxyl groups excluding tert-OH is 1. The van der Waals surface area contributed by atoms with Gasteiger partial charge >= 0.3 is 6.18 Å². The van der Waals surface area contributed by atoms with Gasteiger partial charge in [0.25, 0.3) is 5.91 Å². The standard InChI is InChI=1S/C12H12F3N5O2/c13-12(14,15)8-2-3-10(17-6-8)20-7-9(18-19-20)11(22)16-4-1-5-21/h2-3,6-7,21H,1,4-5H2,(H,16,22). The largest absolute Gasteiger partial charge is 0.417 e. The SMILES string of the molecule is O=C(NCCCO)c1cn(-c2ccc(C(F)(F)F)cn2)nn1. The van der Waals surface area contributed by atoms with Gasteiger partial charge in [-0.3, -0.25) is 4.79 Å². The Bertz CT molecular complexity index is 639. The monoisotopic (exact) mass is 315 g/mol. The molecule has 22 heavy (non-hydrogen) atoms. The molecule has 0 radical (unpaired) electrons. The molecule has 0 unspecified atom stereocenters. The summed E-state index contributed by atoms with van der Waals surface area (Å²) in [6.07, 6.45) is -2.13. The molecule has 0 aliphatic rings. The van der Waals surface area contributed by atoms with Gasteiger partial charge in [-0.05, 0) is 18.6 Å². The second-order valence-corrected chi connectivity index (χ2v) is 4.28. The molecule has 0 saturated heterocycles. The molecule has 0 aromatic carbocycles. The van der Waals surface area contributed by atoms with Crippen molar-refractivity contribution in [3.05, 3.63) is 35.8 Å². The summed E-state index contributed by atoms with van der Waals surface area (Å²) in [5.74, 6) is -0.387. The van der Waals surface area contributed by atoms with Crippen LogP contribution in [0, 0.1) is 0 Å². The second-order valence-electron chi connectivity index (χ2n) is 4.28. The first kappa shape index (κ1) is 15.9. The zero-order chi connectivity index (χ0) is 16.2. The van der Waals surface area contributed by atoms with Crippen LogP contribution < -0.4 is 5.32 Å². The van der Waals surface area contributed by atoms with E-state index < -0.39 is 17.6 Å². The quantitative estimate of drug-likeness (QED) is 0.796. The lowest BCUT2D eigenvalue weighted by atomic mass is 10.3. The Morgan fingerprint density at radius 3 is 2.73 bits per heavy atom. The van der Waals surface area contributed by atoms with Crippen molar-refractivity contribution < 1.29 is 23.1 Å². The topological polar surface area (TPSA) is 92.9 Å². The van der Waals surface area contributed by atoms with Gasteiger partial charge in [-0.15, -0.1) is 5.10 Å². The number of pyridine rings is 1. The van der Waals surface area contributed by atoms with Crippen molar-refractivity contribution in [3.8, 4) is 5.82 Å². The van der Waals surface area contributed by atoms with Crippen LogP contribution in [0.1, 0.15) is 22.5 Å². The number of carbonyl (C=O) groups is 1. The fourth-order valence-electron chi connectivity index (χ4n) is 1.54. The van der Waals surface area contributed by atoms with Crippen molar-refractivity contribution >= 4 is 5.91 Å². The maximum absolute atomic E-state index is 12.4. The molecular weight excluding hydrogens is 303 g/mol. The molecule has 0 bridgehead atoms. The number of nitrogens with one attached hydrogen (secondary N) is 1. The molecule has 2 aromatic heterocycles. The summed E-state index contributed by atoms with van der Waals surface area (Å²) in [5.41, 5.74) is -0.877. The first-order valence-electron chi connectivity index (χ1n) is 6.27. The van der Waals surface area contributed by atoms with Gasteiger partial charge < -0.3 is 10.4 Å². The van der Waals surface area contributed by atoms with Gasteiger partial charge in [-0.1, -0.05) is 5.21 Å². The third-order valence-corrected chi connectivity index (χ3v) is 2.66. The van der Waals surface area contributed by atoms with Crippen molar-refractivity contribution in [2.75, 3.05) is 13.2 Å². The van der Waals surface area contributed by atoms with E-state index in [4.69, 9.17) is 5.11 Å². The van der Waals surface area contributed by atoms with Gasteiger partial charge in [-0.25, -0.2) is 9.67 Å². The van der Waals surface area contributed by atoms with E-state index in [1.807, 2.05) is 0 Å². The Balaban J connectivity index is 2.09. The maximum Gasteiger partial charge on any atom is 0.417 e. The predicted molar refractivity (Wildman–Crippen MR) is 68.2 cm³/mol. The number of hydrogen-bond donors (Lipinski definition) is 2. The number of aliphatic hydroxyl groups is 1. The van der Waals surface area contributed by atoms with Crippen molar-refractivity contribution in [1.82, 2.24) is 25.3 Å². The molecule has 2 aromatic rings. The van der Waals surface area contributed by atoms with Crippen molar-refractivity contribution in [2.45, 2.75) is 12.6 Å². The van der Waals surface area contributed by atoms with Gasteiger partial charge in [0.05, 0.1) is 11.8 Å². The Kier molecular flexibility index (Phi) is 4.71. The summed E-state index contributed by atoms with van der Waals surface area (Å²) in [5, 5.41) is 18.4. The molecule has 10 heteroatoms. The number of amides is 1. The molecule has 118 valence electrons. The van der Waals surface area contributed by atoms with E-state index >= 15 is 0 Å². The highest BCUT2D eigenvalue weighted by Crippen LogP contribution is 2.28. The molecule has 0 saturated carbocycles. The molecule has 0 spiro atoms. The molecule has 0 atom stereocenters. The fourth-order valence-corrected chi connectivity index (χ4v) is 1.54. The Labute approximate surface area is 122 Å². The number of carbonyl (C=O) groups excluding carboxylic acids is 1. The zero-order valence-corrected chi connectivity index (χ0v) is 11.2. The van der Waals surface area contributed by atoms with E-state index in [1.165, 1.54) is 6.20 Å². The Morgan fingerprint density at radius 2 is 2.14 bits per heavy atom. The summed E-state index contributed by atoms with van der Waals surface area (Å²) in [6.45, 7) is 0.225. The van der Waals surface area contributed by atoms with Crippen LogP contribution in [0.25, 0.3) is 5.82 Å². The number of alkyl halides is 3. The summed E-state index contributed by atoms with van der Waals surface area (Å²) < 4.78 is 38.4. The lowest BCUT2D eigenvalue weighted by Crippen LogP contribution is -2.25. The Morgan fingerprint density at radius 1 is 1.36 bits per heavy atom. The molecule has 0 aliphatic carbocycles. The van der Waals surface area contributed by atoms with Crippen LogP contribution in [0.3, 0.4) is 0 Å². The van der Waals surface area contributed by atoms with Crippen LogP contribution in [0.2, 0.25) is 0 Å². The summed E-state index contributed by atoms with van der Waals surface area (Å²) in [4.78, 5) is 15.3. The van der Waals surface area contributed by atoms with Crippen LogP contribution >= 0.6 is 0 Å². The third kappa shape index (κ3) is 3.79. The minimum atomic E-state index is -4.47. The normalized spacial score (nSPS) is 11.5. The van der Waals surface area contributed by atoms with Crippen LogP contribution in [-0.2, 0) is 6.18 Å². The van der Waals surface area contributed by atoms with Crippen molar-refractivity contribution in [1.29, 1.82) is 0 Å². The zero-order valence-electron chi connectivity index (χ0n) is 11.2. The average molecular weight is 315 g/mol. The number of aromatic nitrogens is 4. The first-order chi connectivity index (χ1) is 10.4. The molecule has 2 rings (SSSR count). The van der Waals surface area contributed by atoms with E-state index in [9.17, 15) is 18.0 Å². The summed E-state index contributed by atoms with van der Waals surface area (Å²) >= 11 is 0. The fraction of sp³-hybridized carbons (Fsp3) is 0.333. The average Bonchev–Trinajstić information content (AvgIpc) is 2.96. The van der Waals surface area contributed by atoms with Crippen molar-refractivity contribution in [2.24, 2.45) is 0 Å². The van der Waals surface area contributed by atoms with Crippen LogP contribution in [0.4, 0.5) is 13.2 Å². The molecule has 2 heterocycles. The highest BCUT2D eigenvalue weighted by Gasteiger charge is 2.30. The number of hydrogen-bond acceptors (Lipinski definition) is 5. The van der Waals surface area contributed by atoms with Gasteiger partial charge in [-0.2, -0.15) is 13.2 Å². The van der Waals surface area contributed by atoms with Crippen molar-refractivity contribution in [3.63, 3.8) is 0 Å². The molecule has 7 nitrogen and oxygen atoms in total. The number of nitrogens with zero attached hydrogens (tertiary/aromatic N) is 4. The lowest BCUT2D eigenvalue weighted by molar-refractivity contribution is -0.137. The molecule has 0 aliphatic heterocycles. The Hall–Kier alpha value is -2.49. The number of halogens is 3. The summed E-state index contributed by atoms with van der Waals surface area (Å²) in [6, 6.07) is 2.00. The maximum atomic E-state index is 12.4. The third-order valence-electron chi connectivity index (χ3n) is 2.66. The minimum Gasteiger partial charge on any atom is -0.396 e. The number of rotatable bonds is 5. The van der Waals surface area contributed by atoms with Crippen LogP contribution in [0.5, 0.6) is 0 Å².